The number of aromatic nitrogens is 2. The van der Waals surface area contributed by atoms with E-state index >= 15 is 0 Å². The number of benzene rings is 3. The van der Waals surface area contributed by atoms with E-state index in [0.717, 1.165) is 17.4 Å². The highest BCUT2D eigenvalue weighted by molar-refractivity contribution is 6.35. The first-order valence-corrected chi connectivity index (χ1v) is 11.8. The van der Waals surface area contributed by atoms with E-state index < -0.39 is 5.79 Å². The van der Waals surface area contributed by atoms with Crippen molar-refractivity contribution in [2.24, 2.45) is 0 Å². The number of nitrogens with zero attached hydrogens (tertiary/aromatic N) is 2. The maximum atomic E-state index is 11.3. The van der Waals surface area contributed by atoms with E-state index in [0.29, 0.717) is 46.7 Å². The van der Waals surface area contributed by atoms with Crippen molar-refractivity contribution in [1.29, 1.82) is 0 Å². The van der Waals surface area contributed by atoms with Crippen molar-refractivity contribution in [3.8, 4) is 16.9 Å². The van der Waals surface area contributed by atoms with Crippen molar-refractivity contribution < 1.29 is 19.0 Å². The Bertz CT molecular complexity index is 1310. The van der Waals surface area contributed by atoms with Crippen molar-refractivity contribution in [2.75, 3.05) is 13.2 Å². The number of halogens is 2. The molecule has 3 aromatic carbocycles. The lowest BCUT2D eigenvalue weighted by atomic mass is 10.0. The average Bonchev–Trinajstić information content (AvgIpc) is 3.54. The number of carbonyl (C=O) groups is 1. The van der Waals surface area contributed by atoms with E-state index in [-0.39, 0.29) is 6.10 Å². The average molecular weight is 509 g/mol. The summed E-state index contributed by atoms with van der Waals surface area (Å²) in [5.74, 6) is -0.406. The number of rotatable bonds is 8. The lowest BCUT2D eigenvalue weighted by molar-refractivity contribution is -0.189. The van der Waals surface area contributed by atoms with Crippen LogP contribution in [0.5, 0.6) is 5.75 Å². The topological polar surface area (TPSA) is 62.6 Å². The van der Waals surface area contributed by atoms with Crippen molar-refractivity contribution in [1.82, 2.24) is 9.55 Å². The molecule has 2 atom stereocenters. The lowest BCUT2D eigenvalue weighted by Crippen LogP contribution is -2.34. The molecule has 35 heavy (non-hydrogen) atoms. The molecule has 5 rings (SSSR count). The Morgan fingerprint density at radius 2 is 1.94 bits per heavy atom. The fraction of sp³-hybridized carbons (Fsp3) is 0.185. The Balaban J connectivity index is 1.30. The summed E-state index contributed by atoms with van der Waals surface area (Å²) in [6.45, 7) is 0.995. The number of imidazole rings is 1. The van der Waals surface area contributed by atoms with Gasteiger partial charge in [-0.25, -0.2) is 4.98 Å². The third kappa shape index (κ3) is 5.11. The van der Waals surface area contributed by atoms with Crippen LogP contribution in [0.1, 0.15) is 15.9 Å². The summed E-state index contributed by atoms with van der Waals surface area (Å²) in [4.78, 5) is 15.5. The molecule has 0 N–H and O–H groups in total. The smallest absolute Gasteiger partial charge is 0.215 e. The van der Waals surface area contributed by atoms with E-state index in [4.69, 9.17) is 37.4 Å². The standard InChI is InChI=1S/C27H22Cl2N2O4/c28-21-7-10-25(26(29)13-21)27(17-31-12-11-30-18-31)34-16-23(35-27)15-33-22-8-5-19(6-9-22)24-4-2-1-3-20(24)14-32/h1-14,18,23H,15-17H2/t23-,27-/m1/s1. The zero-order chi connectivity index (χ0) is 24.3. The van der Waals surface area contributed by atoms with Crippen LogP contribution in [0.15, 0.2) is 85.5 Å². The van der Waals surface area contributed by atoms with Gasteiger partial charge >= 0.3 is 0 Å². The van der Waals surface area contributed by atoms with Gasteiger partial charge in [0, 0.05) is 28.5 Å². The molecule has 8 heteroatoms. The summed E-state index contributed by atoms with van der Waals surface area (Å²) in [7, 11) is 0. The zero-order valence-corrected chi connectivity index (χ0v) is 20.2. The van der Waals surface area contributed by atoms with Gasteiger partial charge in [0.05, 0.1) is 24.5 Å². The fourth-order valence-corrected chi connectivity index (χ4v) is 4.71. The van der Waals surface area contributed by atoms with E-state index in [1.165, 1.54) is 0 Å². The molecule has 1 aliphatic rings. The maximum absolute atomic E-state index is 11.3. The predicted molar refractivity (Wildman–Crippen MR) is 134 cm³/mol. The molecule has 1 saturated heterocycles. The predicted octanol–water partition coefficient (Wildman–Crippen LogP) is 6.02. The lowest BCUT2D eigenvalue weighted by Gasteiger charge is -2.30. The van der Waals surface area contributed by atoms with E-state index in [9.17, 15) is 4.79 Å². The van der Waals surface area contributed by atoms with Gasteiger partial charge in [-0.2, -0.15) is 0 Å². The van der Waals surface area contributed by atoms with Gasteiger partial charge in [0.15, 0.2) is 6.29 Å². The van der Waals surface area contributed by atoms with Crippen LogP contribution in [0.25, 0.3) is 11.1 Å². The summed E-state index contributed by atoms with van der Waals surface area (Å²) in [5.41, 5.74) is 3.16. The molecular weight excluding hydrogens is 487 g/mol. The minimum Gasteiger partial charge on any atom is -0.491 e. The quantitative estimate of drug-likeness (QED) is 0.272. The van der Waals surface area contributed by atoms with Gasteiger partial charge < -0.3 is 18.8 Å². The first-order chi connectivity index (χ1) is 17.1. The van der Waals surface area contributed by atoms with Gasteiger partial charge in [0.2, 0.25) is 5.79 Å². The second-order valence-corrected chi connectivity index (χ2v) is 9.05. The highest BCUT2D eigenvalue weighted by Crippen LogP contribution is 2.40. The summed E-state index contributed by atoms with van der Waals surface area (Å²) in [5, 5.41) is 0.999. The largest absolute Gasteiger partial charge is 0.491 e. The van der Waals surface area contributed by atoms with Crippen LogP contribution in [0.2, 0.25) is 10.0 Å². The molecule has 0 bridgehead atoms. The minimum absolute atomic E-state index is 0.293. The first kappa shape index (κ1) is 23.6. The Morgan fingerprint density at radius 1 is 1.11 bits per heavy atom. The van der Waals surface area contributed by atoms with Crippen molar-refractivity contribution >= 4 is 29.5 Å². The van der Waals surface area contributed by atoms with Crippen LogP contribution < -0.4 is 4.74 Å². The number of carbonyl (C=O) groups excluding carboxylic acids is 1. The van der Waals surface area contributed by atoms with Gasteiger partial charge in [0.1, 0.15) is 18.5 Å². The molecule has 0 aliphatic carbocycles. The molecule has 1 aliphatic heterocycles. The zero-order valence-electron chi connectivity index (χ0n) is 18.6. The number of ether oxygens (including phenoxy) is 3. The Labute approximate surface area is 213 Å². The number of hydrogen-bond donors (Lipinski definition) is 0. The second kappa shape index (κ2) is 10.2. The molecule has 0 unspecified atom stereocenters. The van der Waals surface area contributed by atoms with Crippen LogP contribution in [-0.4, -0.2) is 35.2 Å². The third-order valence-electron chi connectivity index (χ3n) is 5.84. The Kier molecular flexibility index (Phi) is 6.88. The number of hydrogen-bond acceptors (Lipinski definition) is 5. The molecule has 1 aromatic heterocycles. The first-order valence-electron chi connectivity index (χ1n) is 11.1. The van der Waals surface area contributed by atoms with E-state index in [2.05, 4.69) is 4.98 Å². The van der Waals surface area contributed by atoms with Crippen molar-refractivity contribution in [3.05, 3.63) is 107 Å². The molecule has 0 spiro atoms. The molecule has 1 fully saturated rings. The normalized spacial score (nSPS) is 19.5. The molecule has 178 valence electrons. The summed E-state index contributed by atoms with van der Waals surface area (Å²) < 4.78 is 20.5. The van der Waals surface area contributed by atoms with Crippen molar-refractivity contribution in [3.63, 3.8) is 0 Å². The van der Waals surface area contributed by atoms with Gasteiger partial charge in [-0.05, 0) is 35.4 Å². The minimum atomic E-state index is -1.10. The van der Waals surface area contributed by atoms with Crippen LogP contribution in [0.4, 0.5) is 0 Å². The van der Waals surface area contributed by atoms with Crippen LogP contribution >= 0.6 is 23.2 Å². The molecule has 4 aromatic rings. The van der Waals surface area contributed by atoms with Gasteiger partial charge in [-0.15, -0.1) is 0 Å². The third-order valence-corrected chi connectivity index (χ3v) is 6.39. The van der Waals surface area contributed by atoms with Crippen LogP contribution in [0.3, 0.4) is 0 Å². The van der Waals surface area contributed by atoms with E-state index in [1.807, 2.05) is 59.3 Å². The van der Waals surface area contributed by atoms with E-state index in [1.54, 1.807) is 30.7 Å². The summed E-state index contributed by atoms with van der Waals surface area (Å²) >= 11 is 12.6. The molecule has 0 saturated carbocycles. The Hall–Kier alpha value is -3.16. The number of aldehydes is 1. The fourth-order valence-electron chi connectivity index (χ4n) is 4.16. The monoisotopic (exact) mass is 508 g/mol. The molecule has 0 amide bonds. The molecular formula is C27H22Cl2N2O4. The maximum Gasteiger partial charge on any atom is 0.215 e. The highest BCUT2D eigenvalue weighted by Gasteiger charge is 2.45. The molecule has 6 nitrogen and oxygen atoms in total. The highest BCUT2D eigenvalue weighted by atomic mass is 35.5. The SMILES string of the molecule is O=Cc1ccccc1-c1ccc(OC[C@@H]2CO[C@@](Cn3ccnc3)(c3ccc(Cl)cc3Cl)O2)cc1. The second-order valence-electron chi connectivity index (χ2n) is 8.20. The van der Waals surface area contributed by atoms with Crippen LogP contribution in [0, 0.1) is 0 Å². The summed E-state index contributed by atoms with van der Waals surface area (Å²) in [6, 6.07) is 20.4. The van der Waals surface area contributed by atoms with Gasteiger partial charge in [-0.3, -0.25) is 4.79 Å². The Morgan fingerprint density at radius 3 is 2.69 bits per heavy atom. The van der Waals surface area contributed by atoms with Crippen LogP contribution in [-0.2, 0) is 21.8 Å². The van der Waals surface area contributed by atoms with Gasteiger partial charge in [-0.1, -0.05) is 65.7 Å². The molecule has 2 heterocycles. The summed E-state index contributed by atoms with van der Waals surface area (Å²) in [6.07, 6.45) is 5.78. The van der Waals surface area contributed by atoms with Gasteiger partial charge in [0.25, 0.3) is 0 Å². The molecule has 0 radical (unpaired) electrons. The van der Waals surface area contributed by atoms with Crippen molar-refractivity contribution in [2.45, 2.75) is 18.4 Å².